The first-order chi connectivity index (χ1) is 8.19. The Balaban J connectivity index is 2.71. The third kappa shape index (κ3) is 3.75. The van der Waals surface area contributed by atoms with Gasteiger partial charge >= 0.3 is 5.97 Å². The van der Waals surface area contributed by atoms with Gasteiger partial charge in [0, 0.05) is 5.56 Å². The maximum atomic E-state index is 11.8. The Morgan fingerprint density at radius 3 is 2.59 bits per heavy atom. The molecule has 4 heteroatoms. The molecule has 0 saturated heterocycles. The molecular weight excluding hydrogens is 218 g/mol. The number of rotatable bonds is 5. The Hall–Kier alpha value is -2.10. The van der Waals surface area contributed by atoms with Crippen LogP contribution in [0.3, 0.4) is 0 Å². The lowest BCUT2D eigenvalue weighted by Crippen LogP contribution is -2.41. The molecule has 0 aliphatic rings. The maximum absolute atomic E-state index is 11.8. The standard InChI is InChI=1S/C13H15NO3/c1-3-7-11(13(16)17-2)14-12(15)10-8-5-4-6-9-10/h3-6,8-9,11H,1,7H2,2H3,(H,14,15)/t11-/m1/s1. The zero-order valence-electron chi connectivity index (χ0n) is 9.68. The number of esters is 1. The molecule has 0 aliphatic carbocycles. The summed E-state index contributed by atoms with van der Waals surface area (Å²) in [4.78, 5) is 23.2. The summed E-state index contributed by atoms with van der Waals surface area (Å²) >= 11 is 0. The molecule has 0 spiro atoms. The van der Waals surface area contributed by atoms with Gasteiger partial charge in [0.25, 0.3) is 5.91 Å². The van der Waals surface area contributed by atoms with Crippen LogP contribution in [0.2, 0.25) is 0 Å². The molecule has 90 valence electrons. The summed E-state index contributed by atoms with van der Waals surface area (Å²) in [7, 11) is 1.28. The van der Waals surface area contributed by atoms with Crippen molar-refractivity contribution in [2.24, 2.45) is 0 Å². The average molecular weight is 233 g/mol. The lowest BCUT2D eigenvalue weighted by molar-refractivity contribution is -0.142. The largest absolute Gasteiger partial charge is 0.467 e. The van der Waals surface area contributed by atoms with E-state index in [-0.39, 0.29) is 5.91 Å². The predicted molar refractivity (Wildman–Crippen MR) is 64.5 cm³/mol. The lowest BCUT2D eigenvalue weighted by atomic mass is 10.1. The summed E-state index contributed by atoms with van der Waals surface area (Å²) in [5, 5.41) is 2.60. The molecule has 1 atom stereocenters. The first-order valence-electron chi connectivity index (χ1n) is 5.23. The Bertz CT molecular complexity index is 400. The summed E-state index contributed by atoms with van der Waals surface area (Å²) in [6, 6.07) is 8.00. The summed E-state index contributed by atoms with van der Waals surface area (Å²) in [5.74, 6) is -0.781. The van der Waals surface area contributed by atoms with Crippen molar-refractivity contribution in [1.29, 1.82) is 0 Å². The topological polar surface area (TPSA) is 55.4 Å². The first kappa shape index (κ1) is 13.0. The quantitative estimate of drug-likeness (QED) is 0.620. The fraction of sp³-hybridized carbons (Fsp3) is 0.231. The van der Waals surface area contributed by atoms with Crippen LogP contribution in [-0.2, 0) is 9.53 Å². The average Bonchev–Trinajstić information content (AvgIpc) is 2.38. The molecule has 0 radical (unpaired) electrons. The van der Waals surface area contributed by atoms with E-state index in [0.717, 1.165) is 0 Å². The number of carbonyl (C=O) groups excluding carboxylic acids is 2. The summed E-state index contributed by atoms with van der Waals surface area (Å²) < 4.78 is 4.60. The van der Waals surface area contributed by atoms with Gasteiger partial charge in [-0.15, -0.1) is 6.58 Å². The minimum Gasteiger partial charge on any atom is -0.467 e. The summed E-state index contributed by atoms with van der Waals surface area (Å²) in [5.41, 5.74) is 0.505. The molecule has 1 N–H and O–H groups in total. The van der Waals surface area contributed by atoms with E-state index in [4.69, 9.17) is 0 Å². The molecule has 1 aromatic carbocycles. The molecule has 4 nitrogen and oxygen atoms in total. The second-order valence-corrected chi connectivity index (χ2v) is 3.44. The number of hydrogen-bond donors (Lipinski definition) is 1. The second kappa shape index (κ2) is 6.48. The van der Waals surface area contributed by atoms with Crippen LogP contribution in [0, 0.1) is 0 Å². The minimum atomic E-state index is -0.690. The molecule has 17 heavy (non-hydrogen) atoms. The van der Waals surface area contributed by atoms with Crippen LogP contribution >= 0.6 is 0 Å². The van der Waals surface area contributed by atoms with Crippen molar-refractivity contribution in [1.82, 2.24) is 5.32 Å². The van der Waals surface area contributed by atoms with Crippen LogP contribution in [-0.4, -0.2) is 25.0 Å². The summed E-state index contributed by atoms with van der Waals surface area (Å²) in [6.45, 7) is 3.54. The zero-order chi connectivity index (χ0) is 12.7. The fourth-order valence-corrected chi connectivity index (χ4v) is 1.35. The van der Waals surface area contributed by atoms with Crippen molar-refractivity contribution in [3.8, 4) is 0 Å². The maximum Gasteiger partial charge on any atom is 0.328 e. The van der Waals surface area contributed by atoms with Gasteiger partial charge in [0.15, 0.2) is 0 Å². The molecule has 0 aromatic heterocycles. The van der Waals surface area contributed by atoms with E-state index in [2.05, 4.69) is 16.6 Å². The van der Waals surface area contributed by atoms with E-state index in [9.17, 15) is 9.59 Å². The van der Waals surface area contributed by atoms with Gasteiger partial charge in [-0.2, -0.15) is 0 Å². The molecule has 0 unspecified atom stereocenters. The summed E-state index contributed by atoms with van der Waals surface area (Å²) in [6.07, 6.45) is 1.90. The number of amides is 1. The second-order valence-electron chi connectivity index (χ2n) is 3.44. The van der Waals surface area contributed by atoms with Crippen LogP contribution in [0.1, 0.15) is 16.8 Å². The number of carbonyl (C=O) groups is 2. The lowest BCUT2D eigenvalue weighted by Gasteiger charge is -2.14. The van der Waals surface area contributed by atoms with Crippen molar-refractivity contribution >= 4 is 11.9 Å². The number of ether oxygens (including phenoxy) is 1. The normalized spacial score (nSPS) is 11.4. The number of methoxy groups -OCH3 is 1. The number of nitrogens with one attached hydrogen (secondary N) is 1. The Kier molecular flexibility index (Phi) is 4.94. The molecule has 0 saturated carbocycles. The Morgan fingerprint density at radius 2 is 2.06 bits per heavy atom. The van der Waals surface area contributed by atoms with E-state index in [0.29, 0.717) is 12.0 Å². The van der Waals surface area contributed by atoms with Gasteiger partial charge in [-0.05, 0) is 18.6 Å². The minimum absolute atomic E-state index is 0.303. The van der Waals surface area contributed by atoms with Gasteiger partial charge < -0.3 is 10.1 Å². The molecular formula is C13H15NO3. The number of benzene rings is 1. The van der Waals surface area contributed by atoms with Crippen LogP contribution < -0.4 is 5.32 Å². The Labute approximate surface area is 100 Å². The zero-order valence-corrected chi connectivity index (χ0v) is 9.68. The number of hydrogen-bond acceptors (Lipinski definition) is 3. The van der Waals surface area contributed by atoms with Crippen molar-refractivity contribution in [2.45, 2.75) is 12.5 Å². The highest BCUT2D eigenvalue weighted by atomic mass is 16.5. The van der Waals surface area contributed by atoms with Crippen LogP contribution in [0.25, 0.3) is 0 Å². The molecule has 0 aliphatic heterocycles. The molecule has 0 fully saturated rings. The molecule has 1 rings (SSSR count). The van der Waals surface area contributed by atoms with E-state index in [1.54, 1.807) is 30.3 Å². The van der Waals surface area contributed by atoms with Crippen LogP contribution in [0.15, 0.2) is 43.0 Å². The van der Waals surface area contributed by atoms with Gasteiger partial charge in [-0.3, -0.25) is 4.79 Å². The highest BCUT2D eigenvalue weighted by Gasteiger charge is 2.20. The first-order valence-corrected chi connectivity index (χ1v) is 5.23. The van der Waals surface area contributed by atoms with Gasteiger partial charge in [0.2, 0.25) is 0 Å². The third-order valence-corrected chi connectivity index (χ3v) is 2.23. The van der Waals surface area contributed by atoms with Crippen molar-refractivity contribution in [3.63, 3.8) is 0 Å². The highest BCUT2D eigenvalue weighted by Crippen LogP contribution is 2.02. The highest BCUT2D eigenvalue weighted by molar-refractivity contribution is 5.96. The van der Waals surface area contributed by atoms with Crippen molar-refractivity contribution in [2.75, 3.05) is 7.11 Å². The molecule has 1 aromatic rings. The van der Waals surface area contributed by atoms with Crippen LogP contribution in [0.5, 0.6) is 0 Å². The Morgan fingerprint density at radius 1 is 1.41 bits per heavy atom. The molecule has 1 amide bonds. The van der Waals surface area contributed by atoms with Gasteiger partial charge in [-0.25, -0.2) is 4.79 Å². The van der Waals surface area contributed by atoms with Crippen LogP contribution in [0.4, 0.5) is 0 Å². The molecule has 0 bridgehead atoms. The van der Waals surface area contributed by atoms with E-state index >= 15 is 0 Å². The smallest absolute Gasteiger partial charge is 0.328 e. The van der Waals surface area contributed by atoms with Crippen molar-refractivity contribution in [3.05, 3.63) is 48.6 Å². The van der Waals surface area contributed by atoms with Crippen molar-refractivity contribution < 1.29 is 14.3 Å². The third-order valence-electron chi connectivity index (χ3n) is 2.23. The van der Waals surface area contributed by atoms with Gasteiger partial charge in [0.1, 0.15) is 6.04 Å². The van der Waals surface area contributed by atoms with Gasteiger partial charge in [0.05, 0.1) is 7.11 Å². The SMILES string of the molecule is C=CC[C@@H](NC(=O)c1ccccc1)C(=O)OC. The molecule has 0 heterocycles. The van der Waals surface area contributed by atoms with E-state index in [1.165, 1.54) is 7.11 Å². The van der Waals surface area contributed by atoms with E-state index in [1.807, 2.05) is 6.07 Å². The monoisotopic (exact) mass is 233 g/mol. The predicted octanol–water partition coefficient (Wildman–Crippen LogP) is 1.53. The van der Waals surface area contributed by atoms with Gasteiger partial charge in [-0.1, -0.05) is 24.3 Å². The fourth-order valence-electron chi connectivity index (χ4n) is 1.35. The van der Waals surface area contributed by atoms with E-state index < -0.39 is 12.0 Å².